The first-order chi connectivity index (χ1) is 9.77. The van der Waals surface area contributed by atoms with Crippen LogP contribution in [0, 0.1) is 15.5 Å². The number of nitrogens with one attached hydrogen (secondary N) is 1. The van der Waals surface area contributed by atoms with E-state index in [1.807, 2.05) is 13.8 Å². The predicted molar refractivity (Wildman–Crippen MR) is 81.2 cm³/mol. The second-order valence-corrected chi connectivity index (χ2v) is 6.58. The standard InChI is InChI=1S/C14H17BrN2O4/c1-14(2)11(7-12(14)21-3)16-13(18)9-6-8(17(19)20)4-5-10(9)15/h4-6,11-12H,7H2,1-3H3,(H,16,18). The van der Waals surface area contributed by atoms with Gasteiger partial charge in [0.2, 0.25) is 0 Å². The zero-order valence-corrected chi connectivity index (χ0v) is 13.6. The molecule has 2 rings (SSSR count). The Hall–Kier alpha value is -1.47. The van der Waals surface area contributed by atoms with Crippen molar-refractivity contribution < 1.29 is 14.5 Å². The van der Waals surface area contributed by atoms with Gasteiger partial charge < -0.3 is 10.1 Å². The Morgan fingerprint density at radius 3 is 2.71 bits per heavy atom. The van der Waals surface area contributed by atoms with Crippen molar-refractivity contribution in [3.8, 4) is 0 Å². The van der Waals surface area contributed by atoms with Crippen LogP contribution in [0.3, 0.4) is 0 Å². The van der Waals surface area contributed by atoms with Gasteiger partial charge in [-0.15, -0.1) is 0 Å². The maximum absolute atomic E-state index is 12.3. The topological polar surface area (TPSA) is 81.5 Å². The number of hydrogen-bond donors (Lipinski definition) is 1. The smallest absolute Gasteiger partial charge is 0.270 e. The molecule has 7 heteroatoms. The number of nitrogens with zero attached hydrogens (tertiary/aromatic N) is 1. The molecule has 1 amide bonds. The number of amides is 1. The number of ether oxygens (including phenoxy) is 1. The first-order valence-corrected chi connectivity index (χ1v) is 7.34. The molecule has 21 heavy (non-hydrogen) atoms. The molecule has 2 atom stereocenters. The SMILES string of the molecule is COC1CC(NC(=O)c2cc([N+](=O)[O-])ccc2Br)C1(C)C. The largest absolute Gasteiger partial charge is 0.381 e. The van der Waals surface area contributed by atoms with Gasteiger partial charge in [0.05, 0.1) is 16.6 Å². The molecule has 0 aliphatic heterocycles. The quantitative estimate of drug-likeness (QED) is 0.664. The highest BCUT2D eigenvalue weighted by Crippen LogP contribution is 2.42. The Kier molecular flexibility index (Phi) is 4.34. The highest BCUT2D eigenvalue weighted by molar-refractivity contribution is 9.10. The third kappa shape index (κ3) is 2.94. The molecule has 2 unspecified atom stereocenters. The van der Waals surface area contributed by atoms with Crippen LogP contribution in [0.1, 0.15) is 30.6 Å². The second kappa shape index (κ2) is 5.73. The van der Waals surface area contributed by atoms with Crippen molar-refractivity contribution in [1.82, 2.24) is 5.32 Å². The summed E-state index contributed by atoms with van der Waals surface area (Å²) in [6.07, 6.45) is 0.846. The molecule has 1 fully saturated rings. The summed E-state index contributed by atoms with van der Waals surface area (Å²) >= 11 is 3.26. The number of carbonyl (C=O) groups excluding carboxylic acids is 1. The predicted octanol–water partition coefficient (Wildman–Crippen LogP) is 2.90. The van der Waals surface area contributed by atoms with Crippen LogP contribution in [0.2, 0.25) is 0 Å². The van der Waals surface area contributed by atoms with Gasteiger partial charge in [-0.3, -0.25) is 14.9 Å². The molecule has 1 aliphatic carbocycles. The van der Waals surface area contributed by atoms with Crippen LogP contribution < -0.4 is 5.32 Å². The van der Waals surface area contributed by atoms with Crippen LogP contribution in [0.25, 0.3) is 0 Å². The fraction of sp³-hybridized carbons (Fsp3) is 0.500. The monoisotopic (exact) mass is 356 g/mol. The number of nitro benzene ring substituents is 1. The van der Waals surface area contributed by atoms with Gasteiger partial charge >= 0.3 is 0 Å². The molecular weight excluding hydrogens is 340 g/mol. The van der Waals surface area contributed by atoms with Gasteiger partial charge in [0.15, 0.2) is 0 Å². The van der Waals surface area contributed by atoms with Crippen molar-refractivity contribution in [2.75, 3.05) is 7.11 Å². The van der Waals surface area contributed by atoms with Gasteiger partial charge in [0.1, 0.15) is 0 Å². The number of methoxy groups -OCH3 is 1. The molecule has 6 nitrogen and oxygen atoms in total. The molecule has 0 heterocycles. The molecule has 1 aromatic carbocycles. The van der Waals surface area contributed by atoms with E-state index in [2.05, 4.69) is 21.2 Å². The Morgan fingerprint density at radius 1 is 1.52 bits per heavy atom. The molecule has 1 saturated carbocycles. The van der Waals surface area contributed by atoms with Crippen LogP contribution in [-0.4, -0.2) is 30.1 Å². The maximum atomic E-state index is 12.3. The number of rotatable bonds is 4. The lowest BCUT2D eigenvalue weighted by atomic mass is 9.64. The van der Waals surface area contributed by atoms with Crippen molar-refractivity contribution >= 4 is 27.5 Å². The molecule has 0 aromatic heterocycles. The molecule has 0 bridgehead atoms. The van der Waals surface area contributed by atoms with Crippen molar-refractivity contribution in [2.24, 2.45) is 5.41 Å². The minimum absolute atomic E-state index is 0.0129. The van der Waals surface area contributed by atoms with Crippen LogP contribution in [0.15, 0.2) is 22.7 Å². The lowest BCUT2D eigenvalue weighted by Gasteiger charge is -2.51. The van der Waals surface area contributed by atoms with E-state index in [1.165, 1.54) is 18.2 Å². The first-order valence-electron chi connectivity index (χ1n) is 6.55. The number of halogens is 1. The fourth-order valence-corrected chi connectivity index (χ4v) is 2.99. The minimum Gasteiger partial charge on any atom is -0.381 e. The van der Waals surface area contributed by atoms with E-state index in [0.717, 1.165) is 6.42 Å². The third-order valence-electron chi connectivity index (χ3n) is 4.17. The summed E-state index contributed by atoms with van der Waals surface area (Å²) in [7, 11) is 1.65. The zero-order valence-electron chi connectivity index (χ0n) is 12.1. The summed E-state index contributed by atoms with van der Waals surface area (Å²) in [5.41, 5.74) is 0.00397. The Bertz CT molecular complexity index is 588. The maximum Gasteiger partial charge on any atom is 0.270 e. The summed E-state index contributed by atoms with van der Waals surface area (Å²) in [5.74, 6) is -0.321. The molecule has 0 radical (unpaired) electrons. The highest BCUT2D eigenvalue weighted by atomic mass is 79.9. The molecule has 1 N–H and O–H groups in total. The van der Waals surface area contributed by atoms with Crippen molar-refractivity contribution in [3.63, 3.8) is 0 Å². The van der Waals surface area contributed by atoms with Crippen molar-refractivity contribution in [1.29, 1.82) is 0 Å². The van der Waals surface area contributed by atoms with Gasteiger partial charge in [-0.2, -0.15) is 0 Å². The van der Waals surface area contributed by atoms with Crippen LogP contribution in [0.5, 0.6) is 0 Å². The summed E-state index contributed by atoms with van der Waals surface area (Å²) in [5, 5.41) is 13.7. The number of benzene rings is 1. The van der Waals surface area contributed by atoms with Crippen LogP contribution in [0.4, 0.5) is 5.69 Å². The molecule has 0 spiro atoms. The molecule has 1 aromatic rings. The number of hydrogen-bond acceptors (Lipinski definition) is 4. The lowest BCUT2D eigenvalue weighted by molar-refractivity contribution is -0.384. The van der Waals surface area contributed by atoms with E-state index >= 15 is 0 Å². The normalized spacial score (nSPS) is 23.2. The van der Waals surface area contributed by atoms with E-state index in [4.69, 9.17) is 4.74 Å². The van der Waals surface area contributed by atoms with Crippen molar-refractivity contribution in [3.05, 3.63) is 38.3 Å². The van der Waals surface area contributed by atoms with Crippen molar-refractivity contribution in [2.45, 2.75) is 32.4 Å². The summed E-state index contributed by atoms with van der Waals surface area (Å²) in [6.45, 7) is 4.05. The summed E-state index contributed by atoms with van der Waals surface area (Å²) < 4.78 is 5.88. The van der Waals surface area contributed by atoms with E-state index in [0.29, 0.717) is 4.47 Å². The first kappa shape index (κ1) is 15.9. The van der Waals surface area contributed by atoms with E-state index in [-0.39, 0.29) is 34.7 Å². The van der Waals surface area contributed by atoms with Gasteiger partial charge in [-0.25, -0.2) is 0 Å². The summed E-state index contributed by atoms with van der Waals surface area (Å²) in [4.78, 5) is 22.6. The molecule has 1 aliphatic rings. The fourth-order valence-electron chi connectivity index (χ4n) is 2.57. The number of nitro groups is 1. The number of carbonyl (C=O) groups is 1. The Morgan fingerprint density at radius 2 is 2.19 bits per heavy atom. The van der Waals surface area contributed by atoms with Crippen LogP contribution in [-0.2, 0) is 4.74 Å². The van der Waals surface area contributed by atoms with Gasteiger partial charge in [-0.05, 0) is 28.4 Å². The van der Waals surface area contributed by atoms with Gasteiger partial charge in [0, 0.05) is 35.2 Å². The molecule has 0 saturated heterocycles. The Labute approximate surface area is 131 Å². The second-order valence-electron chi connectivity index (χ2n) is 5.73. The van der Waals surface area contributed by atoms with Crippen LogP contribution >= 0.6 is 15.9 Å². The Balaban J connectivity index is 2.15. The van der Waals surface area contributed by atoms with Gasteiger partial charge in [0.25, 0.3) is 11.6 Å². The van der Waals surface area contributed by atoms with Gasteiger partial charge in [-0.1, -0.05) is 13.8 Å². The highest BCUT2D eigenvalue weighted by Gasteiger charge is 2.49. The lowest BCUT2D eigenvalue weighted by Crippen LogP contribution is -2.61. The van der Waals surface area contributed by atoms with E-state index in [9.17, 15) is 14.9 Å². The van der Waals surface area contributed by atoms with E-state index in [1.54, 1.807) is 7.11 Å². The molecule has 114 valence electrons. The summed E-state index contributed by atoms with van der Waals surface area (Å²) in [6, 6.07) is 4.13. The number of non-ortho nitro benzene ring substituents is 1. The zero-order chi connectivity index (χ0) is 15.8. The molecular formula is C14H17BrN2O4. The van der Waals surface area contributed by atoms with E-state index < -0.39 is 4.92 Å². The minimum atomic E-state index is -0.516. The average molecular weight is 357 g/mol. The average Bonchev–Trinajstić information content (AvgIpc) is 2.42. The third-order valence-corrected chi connectivity index (χ3v) is 4.86.